The van der Waals surface area contributed by atoms with Gasteiger partial charge in [-0.3, -0.25) is 4.21 Å². The molecule has 0 heterocycles. The fourth-order valence-electron chi connectivity index (χ4n) is 0.830. The van der Waals surface area contributed by atoms with Crippen LogP contribution in [0.5, 0.6) is 0 Å². The fourth-order valence-corrected chi connectivity index (χ4v) is 2.16. The molecule has 0 spiro atoms. The molecule has 0 aliphatic carbocycles. The van der Waals surface area contributed by atoms with Gasteiger partial charge in [0.1, 0.15) is 0 Å². The molecule has 0 aromatic rings. The standard InChI is InChI=1S/C8H19NO2S/c1-7(11-3)6-12(10)8(2)4-5-9/h7-8H,4-6,9H2,1-3H3. The van der Waals surface area contributed by atoms with Crippen molar-refractivity contribution in [2.45, 2.75) is 31.6 Å². The van der Waals surface area contributed by atoms with Crippen LogP contribution in [0.25, 0.3) is 0 Å². The number of methoxy groups -OCH3 is 1. The topological polar surface area (TPSA) is 52.3 Å². The first-order valence-electron chi connectivity index (χ1n) is 4.21. The van der Waals surface area contributed by atoms with Gasteiger partial charge in [-0.05, 0) is 19.9 Å². The van der Waals surface area contributed by atoms with E-state index in [0.29, 0.717) is 12.3 Å². The third-order valence-corrected chi connectivity index (χ3v) is 3.75. The lowest BCUT2D eigenvalue weighted by atomic mass is 10.3. The van der Waals surface area contributed by atoms with E-state index in [9.17, 15) is 4.21 Å². The first-order valence-corrected chi connectivity index (χ1v) is 5.60. The van der Waals surface area contributed by atoms with Crippen molar-refractivity contribution in [2.24, 2.45) is 5.73 Å². The minimum absolute atomic E-state index is 0.0751. The van der Waals surface area contributed by atoms with Crippen LogP contribution in [0.15, 0.2) is 0 Å². The summed E-state index contributed by atoms with van der Waals surface area (Å²) in [5, 5.41) is 0.188. The molecule has 0 saturated carbocycles. The Morgan fingerprint density at radius 1 is 1.50 bits per heavy atom. The smallest absolute Gasteiger partial charge is 0.0658 e. The minimum atomic E-state index is -0.800. The van der Waals surface area contributed by atoms with Crippen LogP contribution in [-0.4, -0.2) is 35.0 Å². The summed E-state index contributed by atoms with van der Waals surface area (Å²) in [4.78, 5) is 0. The van der Waals surface area contributed by atoms with Crippen LogP contribution in [0.2, 0.25) is 0 Å². The lowest BCUT2D eigenvalue weighted by Crippen LogP contribution is -2.24. The van der Waals surface area contributed by atoms with Crippen LogP contribution in [0.3, 0.4) is 0 Å². The molecule has 0 aliphatic rings. The van der Waals surface area contributed by atoms with Gasteiger partial charge in [0, 0.05) is 28.9 Å². The number of hydrogen-bond donors (Lipinski definition) is 1. The normalized spacial score (nSPS) is 18.7. The molecule has 3 atom stereocenters. The maximum absolute atomic E-state index is 11.5. The van der Waals surface area contributed by atoms with E-state index >= 15 is 0 Å². The second-order valence-corrected chi connectivity index (χ2v) is 4.88. The van der Waals surface area contributed by atoms with Crippen LogP contribution < -0.4 is 5.73 Å². The van der Waals surface area contributed by atoms with Gasteiger partial charge < -0.3 is 10.5 Å². The first-order chi connectivity index (χ1) is 5.61. The average Bonchev–Trinajstić information content (AvgIpc) is 2.04. The van der Waals surface area contributed by atoms with E-state index in [1.807, 2.05) is 13.8 Å². The van der Waals surface area contributed by atoms with E-state index in [2.05, 4.69) is 0 Å². The summed E-state index contributed by atoms with van der Waals surface area (Å²) in [5.74, 6) is 0.609. The quantitative estimate of drug-likeness (QED) is 0.668. The maximum Gasteiger partial charge on any atom is 0.0658 e. The highest BCUT2D eigenvalue weighted by atomic mass is 32.2. The molecule has 0 aliphatic heterocycles. The lowest BCUT2D eigenvalue weighted by molar-refractivity contribution is 0.137. The van der Waals surface area contributed by atoms with Gasteiger partial charge in [-0.1, -0.05) is 6.92 Å². The number of nitrogens with two attached hydrogens (primary N) is 1. The molecule has 0 bridgehead atoms. The lowest BCUT2D eigenvalue weighted by Gasteiger charge is -2.13. The largest absolute Gasteiger partial charge is 0.381 e. The number of hydrogen-bond acceptors (Lipinski definition) is 3. The molecule has 3 nitrogen and oxygen atoms in total. The van der Waals surface area contributed by atoms with Crippen LogP contribution in [0.4, 0.5) is 0 Å². The third-order valence-electron chi connectivity index (χ3n) is 1.82. The predicted molar refractivity (Wildman–Crippen MR) is 52.6 cm³/mol. The van der Waals surface area contributed by atoms with E-state index in [4.69, 9.17) is 10.5 Å². The van der Waals surface area contributed by atoms with Gasteiger partial charge >= 0.3 is 0 Å². The Bertz CT molecular complexity index is 141. The van der Waals surface area contributed by atoms with E-state index in [0.717, 1.165) is 6.42 Å². The molecule has 0 rings (SSSR count). The second-order valence-electron chi connectivity index (χ2n) is 2.98. The molecule has 12 heavy (non-hydrogen) atoms. The summed E-state index contributed by atoms with van der Waals surface area (Å²) in [6, 6.07) is 0. The van der Waals surface area contributed by atoms with Gasteiger partial charge in [0.15, 0.2) is 0 Å². The van der Waals surface area contributed by atoms with Crippen molar-refractivity contribution < 1.29 is 8.95 Å². The molecule has 0 radical (unpaired) electrons. The van der Waals surface area contributed by atoms with Crippen LogP contribution in [-0.2, 0) is 15.5 Å². The van der Waals surface area contributed by atoms with E-state index < -0.39 is 10.8 Å². The van der Waals surface area contributed by atoms with Gasteiger partial charge in [-0.2, -0.15) is 0 Å². The van der Waals surface area contributed by atoms with Crippen LogP contribution >= 0.6 is 0 Å². The van der Waals surface area contributed by atoms with Gasteiger partial charge in [0.05, 0.1) is 6.10 Å². The van der Waals surface area contributed by atoms with E-state index in [1.54, 1.807) is 7.11 Å². The second kappa shape index (κ2) is 6.57. The van der Waals surface area contributed by atoms with Crippen molar-refractivity contribution in [3.05, 3.63) is 0 Å². The Morgan fingerprint density at radius 2 is 2.08 bits per heavy atom. The Kier molecular flexibility index (Phi) is 6.61. The molecule has 0 aromatic heterocycles. The molecule has 0 aromatic carbocycles. The Morgan fingerprint density at radius 3 is 2.50 bits per heavy atom. The minimum Gasteiger partial charge on any atom is -0.381 e. The third kappa shape index (κ3) is 4.85. The molecular formula is C8H19NO2S. The highest BCUT2D eigenvalue weighted by molar-refractivity contribution is 7.85. The Labute approximate surface area is 77.1 Å². The Hall–Kier alpha value is 0.0700. The Balaban J connectivity index is 3.70. The van der Waals surface area contributed by atoms with Crippen molar-refractivity contribution in [3.63, 3.8) is 0 Å². The molecule has 74 valence electrons. The highest BCUT2D eigenvalue weighted by Crippen LogP contribution is 2.03. The van der Waals surface area contributed by atoms with Crippen molar-refractivity contribution in [2.75, 3.05) is 19.4 Å². The SMILES string of the molecule is COC(C)CS(=O)C(C)CCN. The molecular weight excluding hydrogens is 174 g/mol. The summed E-state index contributed by atoms with van der Waals surface area (Å²) in [6.07, 6.45) is 0.898. The molecule has 2 N–H and O–H groups in total. The van der Waals surface area contributed by atoms with Crippen LogP contribution in [0, 0.1) is 0 Å². The number of ether oxygens (including phenoxy) is 1. The summed E-state index contributed by atoms with van der Waals surface area (Å²) in [6.45, 7) is 4.49. The summed E-state index contributed by atoms with van der Waals surface area (Å²) in [5.41, 5.74) is 5.36. The van der Waals surface area contributed by atoms with E-state index in [1.165, 1.54) is 0 Å². The fraction of sp³-hybridized carbons (Fsp3) is 1.00. The zero-order valence-electron chi connectivity index (χ0n) is 8.08. The van der Waals surface area contributed by atoms with Gasteiger partial charge in [-0.15, -0.1) is 0 Å². The summed E-state index contributed by atoms with van der Waals surface area (Å²) < 4.78 is 16.5. The highest BCUT2D eigenvalue weighted by Gasteiger charge is 2.12. The average molecular weight is 193 g/mol. The zero-order chi connectivity index (χ0) is 9.56. The van der Waals surface area contributed by atoms with Gasteiger partial charge in [0.25, 0.3) is 0 Å². The van der Waals surface area contributed by atoms with E-state index in [-0.39, 0.29) is 11.4 Å². The summed E-state index contributed by atoms with van der Waals surface area (Å²) in [7, 11) is 0.835. The monoisotopic (exact) mass is 193 g/mol. The first kappa shape index (κ1) is 12.1. The molecule has 3 unspecified atom stereocenters. The van der Waals surface area contributed by atoms with Crippen LogP contribution in [0.1, 0.15) is 20.3 Å². The summed E-state index contributed by atoms with van der Waals surface area (Å²) >= 11 is 0. The van der Waals surface area contributed by atoms with Gasteiger partial charge in [-0.25, -0.2) is 0 Å². The van der Waals surface area contributed by atoms with Crippen molar-refractivity contribution in [3.8, 4) is 0 Å². The predicted octanol–water partition coefficient (Wildman–Crippen LogP) is 0.507. The molecule has 0 amide bonds. The van der Waals surface area contributed by atoms with Crippen molar-refractivity contribution in [1.29, 1.82) is 0 Å². The molecule has 0 saturated heterocycles. The number of rotatable bonds is 6. The van der Waals surface area contributed by atoms with Gasteiger partial charge in [0.2, 0.25) is 0 Å². The van der Waals surface area contributed by atoms with Crippen molar-refractivity contribution >= 4 is 10.8 Å². The molecule has 0 fully saturated rings. The zero-order valence-corrected chi connectivity index (χ0v) is 8.89. The molecule has 4 heteroatoms. The van der Waals surface area contributed by atoms with Crippen molar-refractivity contribution in [1.82, 2.24) is 0 Å². The maximum atomic E-state index is 11.5.